The summed E-state index contributed by atoms with van der Waals surface area (Å²) in [5, 5.41) is 21.3. The number of fused-ring (bicyclic) bond motifs is 3. The average Bonchev–Trinajstić information content (AvgIpc) is 2.68. The van der Waals surface area contributed by atoms with Crippen molar-refractivity contribution in [2.45, 2.75) is 13.8 Å². The fourth-order valence-corrected chi connectivity index (χ4v) is 3.69. The third-order valence-electron chi connectivity index (χ3n) is 3.25. The normalized spacial score (nSPS) is 11.3. The summed E-state index contributed by atoms with van der Waals surface area (Å²) in [5.74, 6) is 0. The molecule has 0 radical (unpaired) electrons. The molecule has 2 N–H and O–H groups in total. The third kappa shape index (κ3) is 1.65. The summed E-state index contributed by atoms with van der Waals surface area (Å²) in [7, 11) is -1.42. The lowest BCUT2D eigenvalue weighted by molar-refractivity contribution is 0.426. The second kappa shape index (κ2) is 4.09. The van der Waals surface area contributed by atoms with Crippen LogP contribution in [0.3, 0.4) is 0 Å². The largest absolute Gasteiger partial charge is 0.489 e. The molecule has 1 heterocycles. The lowest BCUT2D eigenvalue weighted by Gasteiger charge is -2.03. The zero-order chi connectivity index (χ0) is 12.9. The summed E-state index contributed by atoms with van der Waals surface area (Å²) in [6.07, 6.45) is 0. The number of hydrogen-bond acceptors (Lipinski definition) is 3. The maximum atomic E-state index is 9.50. The van der Waals surface area contributed by atoms with E-state index in [9.17, 15) is 10.0 Å². The van der Waals surface area contributed by atoms with Crippen molar-refractivity contribution in [2.24, 2.45) is 0 Å². The van der Waals surface area contributed by atoms with Crippen molar-refractivity contribution in [3.05, 3.63) is 41.5 Å². The Morgan fingerprint density at radius 1 is 1.00 bits per heavy atom. The zero-order valence-corrected chi connectivity index (χ0v) is 11.1. The molecule has 3 aromatic rings. The van der Waals surface area contributed by atoms with E-state index in [1.807, 2.05) is 19.1 Å². The van der Waals surface area contributed by atoms with Crippen LogP contribution in [0.1, 0.15) is 11.1 Å². The van der Waals surface area contributed by atoms with E-state index in [0.29, 0.717) is 5.46 Å². The average molecular weight is 256 g/mol. The Morgan fingerprint density at radius 3 is 2.50 bits per heavy atom. The van der Waals surface area contributed by atoms with Gasteiger partial charge in [0, 0.05) is 25.6 Å². The topological polar surface area (TPSA) is 40.5 Å². The Bertz CT molecular complexity index is 746. The van der Waals surface area contributed by atoms with E-state index in [-0.39, 0.29) is 0 Å². The van der Waals surface area contributed by atoms with Crippen molar-refractivity contribution in [1.29, 1.82) is 0 Å². The van der Waals surface area contributed by atoms with Gasteiger partial charge in [-0.2, -0.15) is 0 Å². The fraction of sp³-hybridized carbons (Fsp3) is 0.143. The molecule has 4 heteroatoms. The number of hydrogen-bond donors (Lipinski definition) is 2. The molecular formula is C14H13BO2S. The van der Waals surface area contributed by atoms with Crippen molar-refractivity contribution in [1.82, 2.24) is 0 Å². The van der Waals surface area contributed by atoms with Gasteiger partial charge in [-0.1, -0.05) is 35.9 Å². The highest BCUT2D eigenvalue weighted by Gasteiger charge is 2.18. The van der Waals surface area contributed by atoms with Crippen LogP contribution in [-0.4, -0.2) is 17.2 Å². The molecular weight excluding hydrogens is 243 g/mol. The first-order valence-corrected chi connectivity index (χ1v) is 6.68. The summed E-state index contributed by atoms with van der Waals surface area (Å²) in [6.45, 7) is 4.06. The Labute approximate surface area is 110 Å². The standard InChI is InChI=1S/C14H13BO2S/c1-8-6-11-10-5-3-4-9(2)13(10)18-14(11)12(7-8)15(16)17/h3-7,16-17H,1-2H3. The predicted molar refractivity (Wildman–Crippen MR) is 78.6 cm³/mol. The molecule has 0 spiro atoms. The van der Waals surface area contributed by atoms with Gasteiger partial charge < -0.3 is 10.0 Å². The Morgan fingerprint density at radius 2 is 1.78 bits per heavy atom. The van der Waals surface area contributed by atoms with Gasteiger partial charge >= 0.3 is 7.12 Å². The van der Waals surface area contributed by atoms with Gasteiger partial charge in [0.2, 0.25) is 0 Å². The highest BCUT2D eigenvalue weighted by atomic mass is 32.1. The van der Waals surface area contributed by atoms with Gasteiger partial charge in [0.25, 0.3) is 0 Å². The first-order chi connectivity index (χ1) is 8.58. The summed E-state index contributed by atoms with van der Waals surface area (Å²) in [5.41, 5.74) is 2.88. The van der Waals surface area contributed by atoms with Crippen LogP contribution in [0.5, 0.6) is 0 Å². The van der Waals surface area contributed by atoms with Crippen molar-refractivity contribution >= 4 is 44.1 Å². The van der Waals surface area contributed by atoms with Gasteiger partial charge in [-0.15, -0.1) is 11.3 Å². The molecule has 0 fully saturated rings. The van der Waals surface area contributed by atoms with Gasteiger partial charge in [0.1, 0.15) is 0 Å². The van der Waals surface area contributed by atoms with Crippen LogP contribution in [0.2, 0.25) is 0 Å². The van der Waals surface area contributed by atoms with Crippen LogP contribution in [0.25, 0.3) is 20.2 Å². The summed E-state index contributed by atoms with van der Waals surface area (Å²) < 4.78 is 2.19. The van der Waals surface area contributed by atoms with E-state index in [0.717, 1.165) is 15.6 Å². The van der Waals surface area contributed by atoms with Crippen molar-refractivity contribution in [3.8, 4) is 0 Å². The van der Waals surface area contributed by atoms with Crippen LogP contribution in [0, 0.1) is 13.8 Å². The van der Waals surface area contributed by atoms with E-state index in [4.69, 9.17) is 0 Å². The molecule has 0 aliphatic heterocycles. The number of thiophene rings is 1. The van der Waals surface area contributed by atoms with Crippen molar-refractivity contribution in [2.75, 3.05) is 0 Å². The van der Waals surface area contributed by atoms with E-state index in [1.54, 1.807) is 11.3 Å². The maximum Gasteiger partial charge on any atom is 0.489 e. The van der Waals surface area contributed by atoms with Gasteiger partial charge in [-0.05, 0) is 19.4 Å². The van der Waals surface area contributed by atoms with Crippen LogP contribution >= 0.6 is 11.3 Å². The maximum absolute atomic E-state index is 9.50. The van der Waals surface area contributed by atoms with Gasteiger partial charge in [-0.3, -0.25) is 0 Å². The SMILES string of the molecule is Cc1cc(B(O)O)c2sc3c(C)cccc3c2c1. The molecule has 3 rings (SSSR count). The molecule has 0 saturated heterocycles. The van der Waals surface area contributed by atoms with Crippen LogP contribution in [-0.2, 0) is 0 Å². The minimum Gasteiger partial charge on any atom is -0.423 e. The number of benzene rings is 2. The Balaban J connectivity index is 2.53. The van der Waals surface area contributed by atoms with E-state index >= 15 is 0 Å². The number of aryl methyl sites for hydroxylation is 2. The molecule has 0 aliphatic rings. The second-order valence-electron chi connectivity index (χ2n) is 4.66. The molecule has 0 atom stereocenters. The highest BCUT2D eigenvalue weighted by molar-refractivity contribution is 7.27. The molecule has 0 amide bonds. The second-order valence-corrected chi connectivity index (χ2v) is 5.68. The highest BCUT2D eigenvalue weighted by Crippen LogP contribution is 2.35. The van der Waals surface area contributed by atoms with E-state index < -0.39 is 7.12 Å². The third-order valence-corrected chi connectivity index (χ3v) is 4.65. The Kier molecular flexibility index (Phi) is 2.66. The summed E-state index contributed by atoms with van der Waals surface area (Å²) in [4.78, 5) is 0. The zero-order valence-electron chi connectivity index (χ0n) is 10.3. The summed E-state index contributed by atoms with van der Waals surface area (Å²) >= 11 is 1.63. The number of rotatable bonds is 1. The Hall–Kier alpha value is -1.36. The minimum atomic E-state index is -1.42. The van der Waals surface area contributed by atoms with E-state index in [2.05, 4.69) is 25.1 Å². The van der Waals surface area contributed by atoms with Gasteiger partial charge in [0.05, 0.1) is 0 Å². The first-order valence-electron chi connectivity index (χ1n) is 5.86. The quantitative estimate of drug-likeness (QED) is 0.656. The molecule has 0 saturated carbocycles. The molecule has 1 aromatic heterocycles. The van der Waals surface area contributed by atoms with Gasteiger partial charge in [0.15, 0.2) is 0 Å². The van der Waals surface area contributed by atoms with Crippen LogP contribution in [0.15, 0.2) is 30.3 Å². The molecule has 2 nitrogen and oxygen atoms in total. The van der Waals surface area contributed by atoms with Crippen LogP contribution in [0.4, 0.5) is 0 Å². The minimum absolute atomic E-state index is 0.602. The first kappa shape index (κ1) is 11.7. The predicted octanol–water partition coefficient (Wildman–Crippen LogP) is 2.35. The molecule has 90 valence electrons. The fourth-order valence-electron chi connectivity index (χ4n) is 2.41. The lowest BCUT2D eigenvalue weighted by Crippen LogP contribution is -2.30. The molecule has 0 bridgehead atoms. The van der Waals surface area contributed by atoms with Crippen molar-refractivity contribution in [3.63, 3.8) is 0 Å². The van der Waals surface area contributed by atoms with Gasteiger partial charge in [-0.25, -0.2) is 0 Å². The lowest BCUT2D eigenvalue weighted by atomic mass is 9.79. The molecule has 2 aromatic carbocycles. The monoisotopic (exact) mass is 256 g/mol. The van der Waals surface area contributed by atoms with Crippen LogP contribution < -0.4 is 5.46 Å². The molecule has 0 unspecified atom stereocenters. The van der Waals surface area contributed by atoms with E-state index in [1.165, 1.54) is 15.6 Å². The molecule has 18 heavy (non-hydrogen) atoms. The smallest absolute Gasteiger partial charge is 0.423 e. The summed E-state index contributed by atoms with van der Waals surface area (Å²) in [6, 6.07) is 10.2. The molecule has 0 aliphatic carbocycles. The van der Waals surface area contributed by atoms with Crippen molar-refractivity contribution < 1.29 is 10.0 Å².